The van der Waals surface area contributed by atoms with Gasteiger partial charge in [-0.25, -0.2) is 0 Å². The molecule has 1 saturated heterocycles. The van der Waals surface area contributed by atoms with E-state index in [1.807, 2.05) is 0 Å². The van der Waals surface area contributed by atoms with Gasteiger partial charge in [0.2, 0.25) is 5.91 Å². The lowest BCUT2D eigenvalue weighted by Gasteiger charge is -2.41. The number of amides is 1. The molecule has 1 saturated carbocycles. The van der Waals surface area contributed by atoms with Gasteiger partial charge in [0, 0.05) is 19.0 Å². The highest BCUT2D eigenvalue weighted by Crippen LogP contribution is 2.42. The predicted octanol–water partition coefficient (Wildman–Crippen LogP) is 1.11. The van der Waals surface area contributed by atoms with Gasteiger partial charge in [0.1, 0.15) is 0 Å². The Morgan fingerprint density at radius 1 is 1.44 bits per heavy atom. The Kier molecular flexibility index (Phi) is 4.62. The molecule has 2 rings (SSSR count). The first-order chi connectivity index (χ1) is 8.67. The minimum atomic E-state index is 0.128. The van der Waals surface area contributed by atoms with Crippen molar-refractivity contribution in [2.24, 2.45) is 11.1 Å². The smallest absolute Gasteiger partial charge is 0.220 e. The fraction of sp³-hybridized carbons (Fsp3) is 0.929. The summed E-state index contributed by atoms with van der Waals surface area (Å²) in [6.07, 6.45) is 6.44. The summed E-state index contributed by atoms with van der Waals surface area (Å²) >= 11 is 0. The van der Waals surface area contributed by atoms with Crippen LogP contribution in [0.3, 0.4) is 0 Å². The van der Waals surface area contributed by atoms with Gasteiger partial charge in [-0.1, -0.05) is 13.3 Å². The summed E-state index contributed by atoms with van der Waals surface area (Å²) < 4.78 is 0. The van der Waals surface area contributed by atoms with Gasteiger partial charge < -0.3 is 16.0 Å². The number of likely N-dealkylation sites (tertiary alicyclic amines) is 1. The quantitative estimate of drug-likeness (QED) is 0.771. The number of carbonyl (C=O) groups is 1. The van der Waals surface area contributed by atoms with E-state index in [-0.39, 0.29) is 11.3 Å². The molecule has 1 atom stereocenters. The number of hydrogen-bond donors (Lipinski definition) is 2. The molecule has 2 aliphatic rings. The zero-order chi connectivity index (χ0) is 13.0. The van der Waals surface area contributed by atoms with Crippen LogP contribution in [-0.4, -0.2) is 43.0 Å². The Bertz CT molecular complexity index is 283. The molecule has 4 heteroatoms. The van der Waals surface area contributed by atoms with Gasteiger partial charge in [0.15, 0.2) is 0 Å². The van der Waals surface area contributed by atoms with Crippen LogP contribution in [0.5, 0.6) is 0 Å². The van der Waals surface area contributed by atoms with Crippen LogP contribution < -0.4 is 11.1 Å². The Labute approximate surface area is 110 Å². The molecule has 4 nitrogen and oxygen atoms in total. The zero-order valence-electron chi connectivity index (χ0n) is 11.6. The van der Waals surface area contributed by atoms with E-state index >= 15 is 0 Å². The first kappa shape index (κ1) is 13.8. The second-order valence-electron chi connectivity index (χ2n) is 6.03. The van der Waals surface area contributed by atoms with Crippen LogP contribution in [0.2, 0.25) is 0 Å². The molecular weight excluding hydrogens is 226 g/mol. The minimum Gasteiger partial charge on any atom is -0.352 e. The van der Waals surface area contributed by atoms with Gasteiger partial charge in [-0.2, -0.15) is 0 Å². The van der Waals surface area contributed by atoms with Crippen molar-refractivity contribution in [2.75, 3.05) is 26.2 Å². The predicted molar refractivity (Wildman–Crippen MR) is 73.2 cm³/mol. The molecule has 0 spiro atoms. The van der Waals surface area contributed by atoms with E-state index in [0.29, 0.717) is 19.0 Å². The molecule has 0 aromatic carbocycles. The highest BCUT2D eigenvalue weighted by molar-refractivity contribution is 5.77. The highest BCUT2D eigenvalue weighted by atomic mass is 16.1. The van der Waals surface area contributed by atoms with Crippen molar-refractivity contribution < 1.29 is 4.79 Å². The van der Waals surface area contributed by atoms with E-state index in [1.54, 1.807) is 0 Å². The normalized spacial score (nSPS) is 27.6. The van der Waals surface area contributed by atoms with Gasteiger partial charge in [-0.15, -0.1) is 0 Å². The van der Waals surface area contributed by atoms with Crippen molar-refractivity contribution in [1.82, 2.24) is 10.2 Å². The van der Waals surface area contributed by atoms with Crippen molar-refractivity contribution in [3.05, 3.63) is 0 Å². The summed E-state index contributed by atoms with van der Waals surface area (Å²) in [4.78, 5) is 14.5. The second kappa shape index (κ2) is 6.02. The number of nitrogens with two attached hydrogens (primary N) is 1. The maximum atomic E-state index is 12.1. The highest BCUT2D eigenvalue weighted by Gasteiger charge is 2.37. The first-order valence-electron chi connectivity index (χ1n) is 7.39. The number of piperidine rings is 1. The van der Waals surface area contributed by atoms with Gasteiger partial charge in [-0.3, -0.25) is 4.79 Å². The Balaban J connectivity index is 1.76. The molecule has 1 aliphatic heterocycles. The third-order valence-electron chi connectivity index (χ3n) is 4.70. The molecule has 1 amide bonds. The largest absolute Gasteiger partial charge is 0.352 e. The van der Waals surface area contributed by atoms with Crippen LogP contribution in [0, 0.1) is 5.41 Å². The topological polar surface area (TPSA) is 58.4 Å². The lowest BCUT2D eigenvalue weighted by molar-refractivity contribution is -0.125. The number of nitrogens with zero attached hydrogens (tertiary/aromatic N) is 1. The van der Waals surface area contributed by atoms with E-state index < -0.39 is 0 Å². The van der Waals surface area contributed by atoms with Gasteiger partial charge >= 0.3 is 0 Å². The van der Waals surface area contributed by atoms with Crippen molar-refractivity contribution in [3.63, 3.8) is 0 Å². The number of rotatable bonds is 5. The number of hydrogen-bond acceptors (Lipinski definition) is 3. The average Bonchev–Trinajstić information content (AvgIpc) is 2.34. The van der Waals surface area contributed by atoms with Crippen LogP contribution >= 0.6 is 0 Å². The summed E-state index contributed by atoms with van der Waals surface area (Å²) in [6, 6.07) is 0.348. The third kappa shape index (κ3) is 3.23. The average molecular weight is 253 g/mol. The van der Waals surface area contributed by atoms with Gasteiger partial charge in [0.25, 0.3) is 0 Å². The fourth-order valence-electron chi connectivity index (χ4n) is 3.21. The molecule has 1 unspecified atom stereocenters. The molecular formula is C14H27N3O. The molecule has 1 heterocycles. The van der Waals surface area contributed by atoms with E-state index in [9.17, 15) is 4.79 Å². The molecule has 1 aliphatic carbocycles. The molecule has 0 aromatic rings. The minimum absolute atomic E-state index is 0.128. The first-order valence-corrected chi connectivity index (χ1v) is 7.39. The van der Waals surface area contributed by atoms with Crippen LogP contribution in [0.25, 0.3) is 0 Å². The van der Waals surface area contributed by atoms with E-state index in [0.717, 1.165) is 32.4 Å². The molecule has 0 aromatic heterocycles. The Hall–Kier alpha value is -0.610. The maximum absolute atomic E-state index is 12.1. The van der Waals surface area contributed by atoms with Crippen molar-refractivity contribution in [3.8, 4) is 0 Å². The molecule has 104 valence electrons. The van der Waals surface area contributed by atoms with Gasteiger partial charge in [-0.05, 0) is 50.7 Å². The van der Waals surface area contributed by atoms with Crippen molar-refractivity contribution >= 4 is 5.91 Å². The fourth-order valence-corrected chi connectivity index (χ4v) is 3.21. The Morgan fingerprint density at radius 3 is 2.78 bits per heavy atom. The van der Waals surface area contributed by atoms with Crippen molar-refractivity contribution in [2.45, 2.75) is 51.5 Å². The van der Waals surface area contributed by atoms with Crippen LogP contribution in [0.15, 0.2) is 0 Å². The number of nitrogens with one attached hydrogen (secondary N) is 1. The lowest BCUT2D eigenvalue weighted by Crippen LogP contribution is -2.49. The third-order valence-corrected chi connectivity index (χ3v) is 4.70. The molecule has 2 fully saturated rings. The molecule has 3 N–H and O–H groups in total. The van der Waals surface area contributed by atoms with Crippen LogP contribution in [0.1, 0.15) is 45.4 Å². The molecule has 0 radical (unpaired) electrons. The zero-order valence-corrected chi connectivity index (χ0v) is 11.6. The summed E-state index contributed by atoms with van der Waals surface area (Å²) in [7, 11) is 0. The summed E-state index contributed by atoms with van der Waals surface area (Å²) in [5, 5.41) is 3.21. The molecule has 0 bridgehead atoms. The lowest BCUT2D eigenvalue weighted by atomic mass is 9.66. The van der Waals surface area contributed by atoms with Crippen LogP contribution in [-0.2, 0) is 4.79 Å². The number of likely N-dealkylation sites (N-methyl/N-ethyl adjacent to an activating group) is 1. The van der Waals surface area contributed by atoms with E-state index in [2.05, 4.69) is 17.1 Å². The summed E-state index contributed by atoms with van der Waals surface area (Å²) in [5.41, 5.74) is 5.93. The summed E-state index contributed by atoms with van der Waals surface area (Å²) in [6.45, 7) is 6.11. The summed E-state index contributed by atoms with van der Waals surface area (Å²) in [5.74, 6) is 0.211. The van der Waals surface area contributed by atoms with E-state index in [1.165, 1.54) is 19.4 Å². The van der Waals surface area contributed by atoms with Gasteiger partial charge in [0.05, 0.1) is 0 Å². The maximum Gasteiger partial charge on any atom is 0.220 e. The Morgan fingerprint density at radius 2 is 2.22 bits per heavy atom. The standard InChI is InChI=1S/C14H27N3O/c1-2-17-8-3-5-12(10-17)16-13(18)9-14(11-15)6-4-7-14/h12H,2-11,15H2,1H3,(H,16,18). The second-order valence-corrected chi connectivity index (χ2v) is 6.03. The van der Waals surface area contributed by atoms with E-state index in [4.69, 9.17) is 5.73 Å². The SMILES string of the molecule is CCN1CCCC(NC(=O)CC2(CN)CCC2)C1. The molecule has 18 heavy (non-hydrogen) atoms. The monoisotopic (exact) mass is 253 g/mol. The van der Waals surface area contributed by atoms with Crippen LogP contribution in [0.4, 0.5) is 0 Å². The number of carbonyl (C=O) groups excluding carboxylic acids is 1. The van der Waals surface area contributed by atoms with Crippen molar-refractivity contribution in [1.29, 1.82) is 0 Å².